The zero-order valence-electron chi connectivity index (χ0n) is 10.4. The van der Waals surface area contributed by atoms with Gasteiger partial charge in [-0.25, -0.2) is 0 Å². The van der Waals surface area contributed by atoms with Crippen LogP contribution in [0.25, 0.3) is 0 Å². The van der Waals surface area contributed by atoms with Crippen LogP contribution in [0.1, 0.15) is 17.8 Å². The average Bonchev–Trinajstić information content (AvgIpc) is 2.81. The topological polar surface area (TPSA) is 18.5 Å². The summed E-state index contributed by atoms with van der Waals surface area (Å²) in [4.78, 5) is 6.75. The second kappa shape index (κ2) is 5.06. The van der Waals surface area contributed by atoms with E-state index < -0.39 is 0 Å². The molecule has 0 aliphatic carbocycles. The number of hydrogen-bond acceptors (Lipinski definition) is 4. The third-order valence-corrected chi connectivity index (χ3v) is 5.10. The van der Waals surface area contributed by atoms with Gasteiger partial charge >= 0.3 is 0 Å². The minimum absolute atomic E-state index is 0.606. The van der Waals surface area contributed by atoms with Crippen molar-refractivity contribution in [2.45, 2.75) is 19.0 Å². The Hall–Kier alpha value is -0.420. The van der Waals surface area contributed by atoms with Gasteiger partial charge < -0.3 is 5.32 Å². The van der Waals surface area contributed by atoms with Crippen LogP contribution in [0.2, 0.25) is 0 Å². The number of likely N-dealkylation sites (tertiary alicyclic amines) is 1. The van der Waals surface area contributed by atoms with Crippen LogP contribution >= 0.6 is 11.3 Å². The molecule has 3 nitrogen and oxygen atoms in total. The standard InChI is InChI=1S/C13H21N3S/c1-11(13-3-2-8-17-13)16-9-12(10-16)15-6-4-14-5-7-15/h2-3,8,11-12,14H,4-7,9-10H2,1H3. The Morgan fingerprint density at radius 2 is 2.12 bits per heavy atom. The summed E-state index contributed by atoms with van der Waals surface area (Å²) < 4.78 is 0. The van der Waals surface area contributed by atoms with Gasteiger partial charge in [0, 0.05) is 56.2 Å². The summed E-state index contributed by atoms with van der Waals surface area (Å²) in [6, 6.07) is 5.83. The molecule has 2 aliphatic rings. The molecule has 2 aliphatic heterocycles. The van der Waals surface area contributed by atoms with Crippen molar-refractivity contribution >= 4 is 11.3 Å². The fraction of sp³-hybridized carbons (Fsp3) is 0.692. The maximum atomic E-state index is 3.42. The van der Waals surface area contributed by atoms with E-state index in [1.165, 1.54) is 31.1 Å². The molecule has 1 aromatic rings. The predicted molar refractivity (Wildman–Crippen MR) is 72.5 cm³/mol. The van der Waals surface area contributed by atoms with Crippen LogP contribution in [0.15, 0.2) is 17.5 Å². The second-order valence-electron chi connectivity index (χ2n) is 5.09. The first-order valence-electron chi connectivity index (χ1n) is 6.57. The van der Waals surface area contributed by atoms with Crippen molar-refractivity contribution in [1.82, 2.24) is 15.1 Å². The minimum atomic E-state index is 0.606. The van der Waals surface area contributed by atoms with Gasteiger partial charge in [-0.1, -0.05) is 6.07 Å². The monoisotopic (exact) mass is 251 g/mol. The van der Waals surface area contributed by atoms with E-state index in [4.69, 9.17) is 0 Å². The van der Waals surface area contributed by atoms with Crippen LogP contribution in [-0.4, -0.2) is 55.1 Å². The van der Waals surface area contributed by atoms with Gasteiger partial charge in [0.05, 0.1) is 0 Å². The van der Waals surface area contributed by atoms with Gasteiger partial charge in [-0.05, 0) is 18.4 Å². The predicted octanol–water partition coefficient (Wildman–Crippen LogP) is 1.40. The molecule has 17 heavy (non-hydrogen) atoms. The number of hydrogen-bond donors (Lipinski definition) is 1. The molecule has 94 valence electrons. The van der Waals surface area contributed by atoms with Crippen LogP contribution in [0.3, 0.4) is 0 Å². The van der Waals surface area contributed by atoms with Crippen molar-refractivity contribution < 1.29 is 0 Å². The van der Waals surface area contributed by atoms with Crippen molar-refractivity contribution in [3.63, 3.8) is 0 Å². The molecule has 0 radical (unpaired) electrons. The van der Waals surface area contributed by atoms with Gasteiger partial charge in [0.2, 0.25) is 0 Å². The van der Waals surface area contributed by atoms with Crippen molar-refractivity contribution in [3.8, 4) is 0 Å². The Morgan fingerprint density at radius 1 is 1.35 bits per heavy atom. The third-order valence-electron chi connectivity index (χ3n) is 4.06. The Bertz CT molecular complexity index is 340. The summed E-state index contributed by atoms with van der Waals surface area (Å²) in [7, 11) is 0. The first-order valence-corrected chi connectivity index (χ1v) is 7.45. The maximum absolute atomic E-state index is 3.42. The highest BCUT2D eigenvalue weighted by Crippen LogP contribution is 2.30. The highest BCUT2D eigenvalue weighted by atomic mass is 32.1. The quantitative estimate of drug-likeness (QED) is 0.876. The van der Waals surface area contributed by atoms with Crippen molar-refractivity contribution in [3.05, 3.63) is 22.4 Å². The summed E-state index contributed by atoms with van der Waals surface area (Å²) in [6.07, 6.45) is 0. The lowest BCUT2D eigenvalue weighted by Gasteiger charge is -2.49. The largest absolute Gasteiger partial charge is 0.314 e. The molecule has 2 saturated heterocycles. The van der Waals surface area contributed by atoms with Gasteiger partial charge in [0.15, 0.2) is 0 Å². The molecule has 3 rings (SSSR count). The summed E-state index contributed by atoms with van der Waals surface area (Å²) in [5.41, 5.74) is 0. The number of thiophene rings is 1. The lowest BCUT2D eigenvalue weighted by molar-refractivity contribution is 0.00432. The van der Waals surface area contributed by atoms with E-state index in [0.29, 0.717) is 6.04 Å². The first-order chi connectivity index (χ1) is 8.34. The summed E-state index contributed by atoms with van der Waals surface area (Å²) in [6.45, 7) is 9.61. The second-order valence-corrected chi connectivity index (χ2v) is 6.06. The van der Waals surface area contributed by atoms with Crippen LogP contribution in [-0.2, 0) is 0 Å². The van der Waals surface area contributed by atoms with Gasteiger partial charge in [-0.3, -0.25) is 9.80 Å². The van der Waals surface area contributed by atoms with E-state index in [1.807, 2.05) is 11.3 Å². The molecule has 1 N–H and O–H groups in total. The van der Waals surface area contributed by atoms with Gasteiger partial charge in [0.25, 0.3) is 0 Å². The fourth-order valence-electron chi connectivity index (χ4n) is 2.79. The van der Waals surface area contributed by atoms with E-state index in [2.05, 4.69) is 39.6 Å². The molecule has 3 heterocycles. The van der Waals surface area contributed by atoms with E-state index in [9.17, 15) is 0 Å². The number of piperazine rings is 1. The molecule has 0 aromatic carbocycles. The molecule has 0 amide bonds. The van der Waals surface area contributed by atoms with E-state index in [0.717, 1.165) is 19.1 Å². The highest BCUT2D eigenvalue weighted by Gasteiger charge is 2.35. The molecule has 4 heteroatoms. The molecule has 1 aromatic heterocycles. The molecule has 0 spiro atoms. The molecular weight excluding hydrogens is 230 g/mol. The third kappa shape index (κ3) is 2.40. The summed E-state index contributed by atoms with van der Waals surface area (Å²) in [5, 5.41) is 5.60. The number of nitrogens with one attached hydrogen (secondary N) is 1. The lowest BCUT2D eigenvalue weighted by atomic mass is 10.0. The van der Waals surface area contributed by atoms with Gasteiger partial charge in [-0.15, -0.1) is 11.3 Å². The molecule has 1 atom stereocenters. The normalized spacial score (nSPS) is 25.7. The van der Waals surface area contributed by atoms with Crippen molar-refractivity contribution in [2.24, 2.45) is 0 Å². The summed E-state index contributed by atoms with van der Waals surface area (Å²) >= 11 is 1.88. The Balaban J connectivity index is 1.50. The van der Waals surface area contributed by atoms with Crippen LogP contribution in [0.4, 0.5) is 0 Å². The Kier molecular flexibility index (Phi) is 3.47. The zero-order valence-corrected chi connectivity index (χ0v) is 11.2. The van der Waals surface area contributed by atoms with Crippen LogP contribution in [0.5, 0.6) is 0 Å². The van der Waals surface area contributed by atoms with E-state index in [1.54, 1.807) is 0 Å². The molecule has 0 saturated carbocycles. The Morgan fingerprint density at radius 3 is 2.76 bits per heavy atom. The smallest absolute Gasteiger partial charge is 0.0414 e. The number of nitrogens with zero attached hydrogens (tertiary/aromatic N) is 2. The fourth-order valence-corrected chi connectivity index (χ4v) is 3.61. The minimum Gasteiger partial charge on any atom is -0.314 e. The molecule has 2 fully saturated rings. The molecule has 1 unspecified atom stereocenters. The highest BCUT2D eigenvalue weighted by molar-refractivity contribution is 7.10. The first kappa shape index (κ1) is 11.7. The van der Waals surface area contributed by atoms with Crippen LogP contribution < -0.4 is 5.32 Å². The summed E-state index contributed by atoms with van der Waals surface area (Å²) in [5.74, 6) is 0. The zero-order chi connectivity index (χ0) is 11.7. The molecular formula is C13H21N3S. The van der Waals surface area contributed by atoms with Crippen LogP contribution in [0, 0.1) is 0 Å². The van der Waals surface area contributed by atoms with Gasteiger partial charge in [-0.2, -0.15) is 0 Å². The van der Waals surface area contributed by atoms with E-state index in [-0.39, 0.29) is 0 Å². The number of rotatable bonds is 3. The SMILES string of the molecule is CC(c1cccs1)N1CC(N2CCNCC2)C1. The van der Waals surface area contributed by atoms with Crippen molar-refractivity contribution in [2.75, 3.05) is 39.3 Å². The van der Waals surface area contributed by atoms with Gasteiger partial charge in [0.1, 0.15) is 0 Å². The maximum Gasteiger partial charge on any atom is 0.0414 e. The van der Waals surface area contributed by atoms with Crippen molar-refractivity contribution in [1.29, 1.82) is 0 Å². The molecule has 0 bridgehead atoms. The lowest BCUT2D eigenvalue weighted by Crippen LogP contribution is -2.62. The Labute approximate surface area is 107 Å². The van der Waals surface area contributed by atoms with E-state index >= 15 is 0 Å². The average molecular weight is 251 g/mol.